The van der Waals surface area contributed by atoms with Crippen LogP contribution in [0.5, 0.6) is 0 Å². The molecule has 2 aromatic carbocycles. The van der Waals surface area contributed by atoms with Crippen molar-refractivity contribution < 1.29 is 13.2 Å². The second-order valence-electron chi connectivity index (χ2n) is 5.24. The molecule has 0 spiro atoms. The maximum absolute atomic E-state index is 12.0. The predicted octanol–water partition coefficient (Wildman–Crippen LogP) is 3.78. The van der Waals surface area contributed by atoms with Gasteiger partial charge in [0.05, 0.1) is 11.5 Å². The highest BCUT2D eigenvalue weighted by atomic mass is 79.9. The van der Waals surface area contributed by atoms with Gasteiger partial charge in [0.1, 0.15) is 0 Å². The summed E-state index contributed by atoms with van der Waals surface area (Å²) in [6, 6.07) is 16.3. The Bertz CT molecular complexity index is 743. The Morgan fingerprint density at radius 2 is 1.65 bits per heavy atom. The molecular formula is C17H18BrNO3S. The number of amides is 1. The van der Waals surface area contributed by atoms with Crippen molar-refractivity contribution in [3.63, 3.8) is 0 Å². The summed E-state index contributed by atoms with van der Waals surface area (Å²) in [6.07, 6.45) is 0.502. The molecule has 0 aliphatic heterocycles. The lowest BCUT2D eigenvalue weighted by molar-refractivity contribution is -0.116. The molecule has 0 heterocycles. The van der Waals surface area contributed by atoms with E-state index >= 15 is 0 Å². The minimum atomic E-state index is -3.19. The summed E-state index contributed by atoms with van der Waals surface area (Å²) in [5.74, 6) is -0.153. The molecule has 0 radical (unpaired) electrons. The Balaban J connectivity index is 1.77. The van der Waals surface area contributed by atoms with E-state index in [0.717, 1.165) is 10.0 Å². The fourth-order valence-corrected chi connectivity index (χ4v) is 3.80. The fraction of sp³-hybridized carbons (Fsp3) is 0.235. The normalized spacial score (nSPS) is 11.2. The van der Waals surface area contributed by atoms with Crippen LogP contribution in [0.15, 0.2) is 59.1 Å². The van der Waals surface area contributed by atoms with Crippen molar-refractivity contribution in [3.8, 4) is 0 Å². The number of rotatable bonds is 7. The third-order valence-electron chi connectivity index (χ3n) is 3.22. The minimum Gasteiger partial charge on any atom is -0.326 e. The summed E-state index contributed by atoms with van der Waals surface area (Å²) < 4.78 is 25.0. The van der Waals surface area contributed by atoms with Crippen LogP contribution in [0.4, 0.5) is 5.69 Å². The maximum atomic E-state index is 12.0. The van der Waals surface area contributed by atoms with Crippen molar-refractivity contribution in [2.24, 2.45) is 0 Å². The second kappa shape index (κ2) is 8.26. The standard InChI is InChI=1S/C17H18BrNO3S/c18-15-8-10-16(11-9-15)19-17(20)7-4-12-23(21,22)13-14-5-2-1-3-6-14/h1-3,5-6,8-11H,4,7,12-13H2,(H,19,20). The van der Waals surface area contributed by atoms with E-state index in [0.29, 0.717) is 12.1 Å². The first-order chi connectivity index (χ1) is 10.9. The van der Waals surface area contributed by atoms with Crippen molar-refractivity contribution >= 4 is 37.4 Å². The molecule has 0 saturated heterocycles. The molecule has 0 atom stereocenters. The van der Waals surface area contributed by atoms with Crippen molar-refractivity contribution in [1.29, 1.82) is 0 Å². The molecule has 2 rings (SSSR count). The van der Waals surface area contributed by atoms with Crippen LogP contribution in [-0.4, -0.2) is 20.1 Å². The summed E-state index contributed by atoms with van der Waals surface area (Å²) in [4.78, 5) is 11.8. The number of carbonyl (C=O) groups is 1. The summed E-state index contributed by atoms with van der Waals surface area (Å²) >= 11 is 3.32. The summed E-state index contributed by atoms with van der Waals surface area (Å²) in [5, 5.41) is 2.75. The smallest absolute Gasteiger partial charge is 0.224 e. The van der Waals surface area contributed by atoms with Crippen LogP contribution in [0.1, 0.15) is 18.4 Å². The zero-order chi connectivity index (χ0) is 16.7. The van der Waals surface area contributed by atoms with E-state index < -0.39 is 9.84 Å². The Hall–Kier alpha value is -1.66. The number of hydrogen-bond donors (Lipinski definition) is 1. The lowest BCUT2D eigenvalue weighted by atomic mass is 10.2. The topological polar surface area (TPSA) is 63.2 Å². The third kappa shape index (κ3) is 6.54. The van der Waals surface area contributed by atoms with Crippen LogP contribution < -0.4 is 5.32 Å². The molecule has 4 nitrogen and oxygen atoms in total. The number of nitrogens with one attached hydrogen (secondary N) is 1. The average Bonchev–Trinajstić information content (AvgIpc) is 2.50. The Morgan fingerprint density at radius 3 is 2.30 bits per heavy atom. The number of benzene rings is 2. The summed E-state index contributed by atoms with van der Waals surface area (Å²) in [7, 11) is -3.19. The molecule has 1 N–H and O–H groups in total. The fourth-order valence-electron chi connectivity index (χ4n) is 2.11. The molecule has 122 valence electrons. The number of halogens is 1. The van der Waals surface area contributed by atoms with Gasteiger partial charge in [-0.05, 0) is 36.2 Å². The second-order valence-corrected chi connectivity index (χ2v) is 8.34. The van der Waals surface area contributed by atoms with Crippen LogP contribution in [0.25, 0.3) is 0 Å². The van der Waals surface area contributed by atoms with E-state index in [1.807, 2.05) is 30.3 Å². The van der Waals surface area contributed by atoms with Gasteiger partial charge < -0.3 is 5.32 Å². The summed E-state index contributed by atoms with van der Waals surface area (Å²) in [5.41, 5.74) is 1.47. The Kier molecular flexibility index (Phi) is 6.36. The minimum absolute atomic E-state index is 0.00958. The lowest BCUT2D eigenvalue weighted by Gasteiger charge is -2.06. The number of hydrogen-bond acceptors (Lipinski definition) is 3. The highest BCUT2D eigenvalue weighted by molar-refractivity contribution is 9.10. The van der Waals surface area contributed by atoms with Gasteiger partial charge in [0.15, 0.2) is 9.84 Å². The summed E-state index contributed by atoms with van der Waals surface area (Å²) in [6.45, 7) is 0. The lowest BCUT2D eigenvalue weighted by Crippen LogP contribution is -2.15. The highest BCUT2D eigenvalue weighted by Gasteiger charge is 2.13. The molecule has 0 saturated carbocycles. The quantitative estimate of drug-likeness (QED) is 0.775. The van der Waals surface area contributed by atoms with Gasteiger partial charge in [-0.2, -0.15) is 0 Å². The number of anilines is 1. The van der Waals surface area contributed by atoms with Gasteiger partial charge in [-0.3, -0.25) is 4.79 Å². The van der Waals surface area contributed by atoms with Gasteiger partial charge in [0.25, 0.3) is 0 Å². The van der Waals surface area contributed by atoms with Crippen molar-refractivity contribution in [1.82, 2.24) is 0 Å². The zero-order valence-electron chi connectivity index (χ0n) is 12.5. The van der Waals surface area contributed by atoms with E-state index in [1.165, 1.54) is 0 Å². The first kappa shape index (κ1) is 17.7. The van der Waals surface area contributed by atoms with Crippen molar-refractivity contribution in [2.75, 3.05) is 11.1 Å². The van der Waals surface area contributed by atoms with Crippen molar-refractivity contribution in [3.05, 3.63) is 64.6 Å². The molecule has 23 heavy (non-hydrogen) atoms. The molecular weight excluding hydrogens is 378 g/mol. The monoisotopic (exact) mass is 395 g/mol. The first-order valence-corrected chi connectivity index (χ1v) is 9.86. The predicted molar refractivity (Wildman–Crippen MR) is 95.9 cm³/mol. The molecule has 0 aliphatic carbocycles. The van der Waals surface area contributed by atoms with Crippen LogP contribution >= 0.6 is 15.9 Å². The molecule has 1 amide bonds. The first-order valence-electron chi connectivity index (χ1n) is 7.24. The van der Waals surface area contributed by atoms with Gasteiger partial charge in [-0.25, -0.2) is 8.42 Å². The van der Waals surface area contributed by atoms with Crippen molar-refractivity contribution in [2.45, 2.75) is 18.6 Å². The average molecular weight is 396 g/mol. The van der Waals surface area contributed by atoms with Gasteiger partial charge in [0, 0.05) is 16.6 Å². The van der Waals surface area contributed by atoms with Gasteiger partial charge >= 0.3 is 0 Å². The molecule has 0 unspecified atom stereocenters. The van der Waals surface area contributed by atoms with Gasteiger partial charge in [-0.1, -0.05) is 46.3 Å². The van der Waals surface area contributed by atoms with E-state index in [1.54, 1.807) is 24.3 Å². The molecule has 0 fully saturated rings. The maximum Gasteiger partial charge on any atom is 0.224 e. The SMILES string of the molecule is O=C(CCCS(=O)(=O)Cc1ccccc1)Nc1ccc(Br)cc1. The molecule has 0 aliphatic rings. The van der Waals surface area contributed by atoms with E-state index in [2.05, 4.69) is 21.2 Å². The molecule has 0 bridgehead atoms. The van der Waals surface area contributed by atoms with Crippen LogP contribution in [0, 0.1) is 0 Å². The number of carbonyl (C=O) groups excluding carboxylic acids is 1. The van der Waals surface area contributed by atoms with E-state index in [-0.39, 0.29) is 23.8 Å². The molecule has 0 aromatic heterocycles. The van der Waals surface area contributed by atoms with Gasteiger partial charge in [-0.15, -0.1) is 0 Å². The van der Waals surface area contributed by atoms with E-state index in [4.69, 9.17) is 0 Å². The van der Waals surface area contributed by atoms with Gasteiger partial charge in [0.2, 0.25) is 5.91 Å². The zero-order valence-corrected chi connectivity index (χ0v) is 14.9. The Morgan fingerprint density at radius 1 is 1.00 bits per heavy atom. The molecule has 2 aromatic rings. The highest BCUT2D eigenvalue weighted by Crippen LogP contribution is 2.14. The van der Waals surface area contributed by atoms with Crippen LogP contribution in [-0.2, 0) is 20.4 Å². The largest absolute Gasteiger partial charge is 0.326 e. The Labute approximate surface area is 145 Å². The van der Waals surface area contributed by atoms with E-state index in [9.17, 15) is 13.2 Å². The third-order valence-corrected chi connectivity index (χ3v) is 5.43. The van der Waals surface area contributed by atoms with Crippen LogP contribution in [0.3, 0.4) is 0 Å². The number of sulfone groups is 1. The van der Waals surface area contributed by atoms with Crippen LogP contribution in [0.2, 0.25) is 0 Å². The molecule has 6 heteroatoms.